The van der Waals surface area contributed by atoms with Gasteiger partial charge >= 0.3 is 5.70 Å². The van der Waals surface area contributed by atoms with Gasteiger partial charge in [0.25, 0.3) is 6.29 Å². The maximum Gasteiger partial charge on any atom is 0.314 e. The van der Waals surface area contributed by atoms with Crippen molar-refractivity contribution in [2.45, 2.75) is 13.2 Å². The molecule has 0 aromatic rings. The standard InChI is InChI=1S/C10H11NO4/c1-3-5-7-6-8(11(13)14)10(12)15-9(7)4-2/h3-6,10,12H,2H2,1H3/b5-3-. The molecule has 15 heavy (non-hydrogen) atoms. The fourth-order valence-corrected chi connectivity index (χ4v) is 1.17. The van der Waals surface area contributed by atoms with E-state index in [2.05, 4.69) is 6.58 Å². The summed E-state index contributed by atoms with van der Waals surface area (Å²) in [6, 6.07) is 0. The molecule has 0 fully saturated rings. The second-order valence-corrected chi connectivity index (χ2v) is 2.82. The van der Waals surface area contributed by atoms with E-state index in [1.807, 2.05) is 0 Å². The fraction of sp³-hybridized carbons (Fsp3) is 0.200. The van der Waals surface area contributed by atoms with Gasteiger partial charge in [-0.15, -0.1) is 0 Å². The molecule has 1 N–H and O–H groups in total. The van der Waals surface area contributed by atoms with Crippen LogP contribution in [0.1, 0.15) is 6.92 Å². The highest BCUT2D eigenvalue weighted by Crippen LogP contribution is 2.23. The van der Waals surface area contributed by atoms with Gasteiger partial charge in [0.2, 0.25) is 0 Å². The average Bonchev–Trinajstić information content (AvgIpc) is 2.20. The molecule has 0 aliphatic carbocycles. The number of aliphatic hydroxyl groups excluding tert-OH is 1. The van der Waals surface area contributed by atoms with Crippen LogP contribution < -0.4 is 0 Å². The van der Waals surface area contributed by atoms with Crippen LogP contribution in [0.3, 0.4) is 0 Å². The van der Waals surface area contributed by atoms with E-state index in [0.717, 1.165) is 0 Å². The highest BCUT2D eigenvalue weighted by Gasteiger charge is 2.29. The Kier molecular flexibility index (Phi) is 3.41. The lowest BCUT2D eigenvalue weighted by atomic mass is 10.1. The number of ether oxygens (including phenoxy) is 1. The van der Waals surface area contributed by atoms with Crippen molar-refractivity contribution in [3.8, 4) is 0 Å². The molecule has 0 amide bonds. The van der Waals surface area contributed by atoms with E-state index in [9.17, 15) is 15.2 Å². The molecule has 1 aliphatic heterocycles. The van der Waals surface area contributed by atoms with Crippen LogP contribution in [0.2, 0.25) is 0 Å². The predicted octanol–water partition coefficient (Wildman–Crippen LogP) is 1.51. The van der Waals surface area contributed by atoms with Crippen LogP contribution in [-0.4, -0.2) is 16.3 Å². The topological polar surface area (TPSA) is 72.6 Å². The molecule has 1 heterocycles. The van der Waals surface area contributed by atoms with E-state index in [-0.39, 0.29) is 5.70 Å². The van der Waals surface area contributed by atoms with Crippen molar-refractivity contribution in [2.75, 3.05) is 0 Å². The van der Waals surface area contributed by atoms with Gasteiger partial charge in [-0.1, -0.05) is 18.7 Å². The highest BCUT2D eigenvalue weighted by molar-refractivity contribution is 5.40. The third-order valence-electron chi connectivity index (χ3n) is 1.82. The SMILES string of the molecule is C=CC1=C(/C=C\C)C=C([N+](=O)[O-])C(O)O1. The Morgan fingerprint density at radius 2 is 2.40 bits per heavy atom. The van der Waals surface area contributed by atoms with Gasteiger partial charge in [-0.3, -0.25) is 10.1 Å². The molecule has 5 nitrogen and oxygen atoms in total. The molecule has 1 rings (SSSR count). The van der Waals surface area contributed by atoms with Crippen molar-refractivity contribution in [1.29, 1.82) is 0 Å². The summed E-state index contributed by atoms with van der Waals surface area (Å²) in [6.45, 7) is 5.27. The monoisotopic (exact) mass is 209 g/mol. The third kappa shape index (κ3) is 2.32. The molecular formula is C10H11NO4. The van der Waals surface area contributed by atoms with Crippen LogP contribution in [0, 0.1) is 10.1 Å². The number of allylic oxidation sites excluding steroid dienone is 5. The van der Waals surface area contributed by atoms with E-state index in [0.29, 0.717) is 11.3 Å². The first-order valence-electron chi connectivity index (χ1n) is 4.30. The minimum Gasteiger partial charge on any atom is -0.454 e. The van der Waals surface area contributed by atoms with Crippen molar-refractivity contribution in [2.24, 2.45) is 0 Å². The summed E-state index contributed by atoms with van der Waals surface area (Å²) >= 11 is 0. The zero-order valence-electron chi connectivity index (χ0n) is 8.21. The van der Waals surface area contributed by atoms with Gasteiger partial charge in [-0.05, 0) is 13.0 Å². The first-order valence-corrected chi connectivity index (χ1v) is 4.30. The van der Waals surface area contributed by atoms with Gasteiger partial charge < -0.3 is 9.84 Å². The molecule has 1 atom stereocenters. The molecule has 1 aliphatic rings. The summed E-state index contributed by atoms with van der Waals surface area (Å²) < 4.78 is 4.93. The number of rotatable bonds is 3. The maximum atomic E-state index is 10.5. The van der Waals surface area contributed by atoms with Crippen molar-refractivity contribution >= 4 is 0 Å². The van der Waals surface area contributed by atoms with Crippen LogP contribution >= 0.6 is 0 Å². The molecule has 1 unspecified atom stereocenters. The molecule has 0 bridgehead atoms. The maximum absolute atomic E-state index is 10.5. The molecule has 0 radical (unpaired) electrons. The number of nitro groups is 1. The molecular weight excluding hydrogens is 198 g/mol. The summed E-state index contributed by atoms with van der Waals surface area (Å²) in [4.78, 5) is 9.86. The largest absolute Gasteiger partial charge is 0.454 e. The predicted molar refractivity (Wildman–Crippen MR) is 54.2 cm³/mol. The zero-order chi connectivity index (χ0) is 11.4. The lowest BCUT2D eigenvalue weighted by molar-refractivity contribution is -0.446. The number of nitrogens with zero attached hydrogens (tertiary/aromatic N) is 1. The number of hydrogen-bond donors (Lipinski definition) is 1. The Morgan fingerprint density at radius 3 is 2.87 bits per heavy atom. The van der Waals surface area contributed by atoms with Crippen LogP contribution in [0.25, 0.3) is 0 Å². The van der Waals surface area contributed by atoms with Crippen molar-refractivity contribution in [1.82, 2.24) is 0 Å². The van der Waals surface area contributed by atoms with Gasteiger partial charge in [0.1, 0.15) is 5.76 Å². The Balaban J connectivity index is 3.18. The second kappa shape index (κ2) is 4.56. The smallest absolute Gasteiger partial charge is 0.314 e. The molecule has 80 valence electrons. The van der Waals surface area contributed by atoms with Gasteiger partial charge in [0.15, 0.2) is 0 Å². The minimum atomic E-state index is -1.54. The lowest BCUT2D eigenvalue weighted by Crippen LogP contribution is -2.23. The first-order chi connectivity index (χ1) is 7.10. The zero-order valence-corrected chi connectivity index (χ0v) is 8.21. The number of aliphatic hydroxyl groups is 1. The van der Waals surface area contributed by atoms with Gasteiger partial charge in [0.05, 0.1) is 4.92 Å². The van der Waals surface area contributed by atoms with Crippen LogP contribution in [0.15, 0.2) is 47.9 Å². The highest BCUT2D eigenvalue weighted by atomic mass is 16.7. The van der Waals surface area contributed by atoms with E-state index < -0.39 is 11.2 Å². The Labute approximate surface area is 86.8 Å². The summed E-state index contributed by atoms with van der Waals surface area (Å²) in [6.07, 6.45) is 4.49. The molecule has 0 aromatic heterocycles. The minimum absolute atomic E-state index is 0.325. The van der Waals surface area contributed by atoms with E-state index in [1.54, 1.807) is 19.1 Å². The molecule has 0 saturated heterocycles. The average molecular weight is 209 g/mol. The summed E-state index contributed by atoms with van der Waals surface area (Å²) in [5.41, 5.74) is 0.137. The van der Waals surface area contributed by atoms with Crippen molar-refractivity contribution in [3.05, 3.63) is 58.0 Å². The number of hydrogen-bond acceptors (Lipinski definition) is 4. The van der Waals surface area contributed by atoms with Gasteiger partial charge in [-0.2, -0.15) is 0 Å². The van der Waals surface area contributed by atoms with Gasteiger partial charge in [-0.25, -0.2) is 0 Å². The van der Waals surface area contributed by atoms with Gasteiger partial charge in [0, 0.05) is 11.6 Å². The van der Waals surface area contributed by atoms with Crippen LogP contribution in [0.4, 0.5) is 0 Å². The molecule has 5 heteroatoms. The Hall–Kier alpha value is -1.88. The molecule has 0 saturated carbocycles. The summed E-state index contributed by atoms with van der Waals surface area (Å²) in [5, 5.41) is 19.8. The third-order valence-corrected chi connectivity index (χ3v) is 1.82. The van der Waals surface area contributed by atoms with Crippen molar-refractivity contribution < 1.29 is 14.8 Å². The van der Waals surface area contributed by atoms with Crippen molar-refractivity contribution in [3.63, 3.8) is 0 Å². The molecule has 0 spiro atoms. The quantitative estimate of drug-likeness (QED) is 0.564. The van der Waals surface area contributed by atoms with Crippen LogP contribution in [-0.2, 0) is 4.74 Å². The van der Waals surface area contributed by atoms with E-state index >= 15 is 0 Å². The normalized spacial score (nSPS) is 21.2. The van der Waals surface area contributed by atoms with E-state index in [1.165, 1.54) is 12.2 Å². The Bertz CT molecular complexity index is 379. The molecule has 0 aromatic carbocycles. The second-order valence-electron chi connectivity index (χ2n) is 2.82. The summed E-state index contributed by atoms with van der Waals surface area (Å²) in [7, 11) is 0. The lowest BCUT2D eigenvalue weighted by Gasteiger charge is -2.17. The van der Waals surface area contributed by atoms with Crippen LogP contribution in [0.5, 0.6) is 0 Å². The Morgan fingerprint density at radius 1 is 1.73 bits per heavy atom. The fourth-order valence-electron chi connectivity index (χ4n) is 1.17. The summed E-state index contributed by atoms with van der Waals surface area (Å²) in [5.74, 6) is 0.325. The van der Waals surface area contributed by atoms with E-state index in [4.69, 9.17) is 4.74 Å². The first kappa shape index (κ1) is 11.2.